The molecule has 4 aromatic rings. The van der Waals surface area contributed by atoms with Gasteiger partial charge in [0.1, 0.15) is 17.1 Å². The Kier molecular flexibility index (Phi) is 6.66. The van der Waals surface area contributed by atoms with Gasteiger partial charge in [0, 0.05) is 18.3 Å². The van der Waals surface area contributed by atoms with E-state index < -0.39 is 0 Å². The molecule has 0 bridgehead atoms. The molecule has 2 aromatic heterocycles. The lowest BCUT2D eigenvalue weighted by molar-refractivity contribution is -0.118. The predicted octanol–water partition coefficient (Wildman–Crippen LogP) is 2.79. The molecule has 0 saturated heterocycles. The van der Waals surface area contributed by atoms with E-state index >= 15 is 0 Å². The molecule has 11 nitrogen and oxygen atoms in total. The van der Waals surface area contributed by atoms with Gasteiger partial charge in [-0.1, -0.05) is 12.1 Å². The first-order valence-electron chi connectivity index (χ1n) is 11.5. The van der Waals surface area contributed by atoms with Gasteiger partial charge in [0.2, 0.25) is 0 Å². The van der Waals surface area contributed by atoms with Crippen LogP contribution in [0.25, 0.3) is 22.8 Å². The van der Waals surface area contributed by atoms with Crippen molar-refractivity contribution in [1.29, 1.82) is 0 Å². The monoisotopic (exact) mass is 500 g/mol. The number of anilines is 1. The van der Waals surface area contributed by atoms with Crippen LogP contribution in [0.5, 0.6) is 17.2 Å². The largest absolute Gasteiger partial charge is 0.495 e. The molecule has 0 unspecified atom stereocenters. The summed E-state index contributed by atoms with van der Waals surface area (Å²) >= 11 is 0. The number of nitrogens with one attached hydrogen (secondary N) is 2. The predicted molar refractivity (Wildman–Crippen MR) is 135 cm³/mol. The van der Waals surface area contributed by atoms with Gasteiger partial charge in [-0.3, -0.25) is 14.3 Å². The van der Waals surface area contributed by atoms with Crippen molar-refractivity contribution >= 4 is 17.5 Å². The third-order valence-electron chi connectivity index (χ3n) is 5.70. The van der Waals surface area contributed by atoms with Crippen LogP contribution in [0.1, 0.15) is 10.5 Å². The summed E-state index contributed by atoms with van der Waals surface area (Å²) in [7, 11) is 3.05. The number of para-hydroxylation sites is 2. The fraction of sp³-hybridized carbons (Fsp3) is 0.192. The highest BCUT2D eigenvalue weighted by Crippen LogP contribution is 2.32. The highest BCUT2D eigenvalue weighted by molar-refractivity contribution is 5.94. The van der Waals surface area contributed by atoms with Gasteiger partial charge >= 0.3 is 0 Å². The summed E-state index contributed by atoms with van der Waals surface area (Å²) in [4.78, 5) is 33.5. The SMILES string of the molecule is COc1ccccc1NC(=O)COc1ccc(-c2nccc(-c3cc4n(n3)CCNC4=O)n2)cc1OC. The standard InChI is InChI=1S/C26H24N6O5/c1-35-21-6-4-3-5-18(21)29-24(33)15-37-22-8-7-16(13-23(22)36-2)25-27-10-9-17(30-25)19-14-20-26(34)28-11-12-32(20)31-19/h3-10,13-14H,11-12,15H2,1-2H3,(H,28,34)(H,29,33). The van der Waals surface area contributed by atoms with Crippen molar-refractivity contribution in [3.05, 3.63) is 66.5 Å². The minimum atomic E-state index is -0.344. The van der Waals surface area contributed by atoms with Crippen LogP contribution in [0.15, 0.2) is 60.8 Å². The Morgan fingerprint density at radius 2 is 1.86 bits per heavy atom. The molecule has 2 N–H and O–H groups in total. The van der Waals surface area contributed by atoms with Crippen molar-refractivity contribution in [3.8, 4) is 40.0 Å². The molecule has 3 heterocycles. The molecular formula is C26H24N6O5. The number of nitrogens with zero attached hydrogens (tertiary/aromatic N) is 4. The fourth-order valence-corrected chi connectivity index (χ4v) is 3.90. The summed E-state index contributed by atoms with van der Waals surface area (Å²) in [6.07, 6.45) is 1.63. The lowest BCUT2D eigenvalue weighted by Gasteiger charge is -2.13. The minimum Gasteiger partial charge on any atom is -0.495 e. The lowest BCUT2D eigenvalue weighted by atomic mass is 10.1. The van der Waals surface area contributed by atoms with Crippen molar-refractivity contribution in [2.45, 2.75) is 6.54 Å². The molecule has 0 radical (unpaired) electrons. The van der Waals surface area contributed by atoms with Gasteiger partial charge in [0.05, 0.1) is 32.1 Å². The van der Waals surface area contributed by atoms with E-state index in [4.69, 9.17) is 14.2 Å². The van der Waals surface area contributed by atoms with Gasteiger partial charge in [-0.25, -0.2) is 9.97 Å². The maximum atomic E-state index is 12.4. The third-order valence-corrected chi connectivity index (χ3v) is 5.70. The molecular weight excluding hydrogens is 476 g/mol. The first-order valence-corrected chi connectivity index (χ1v) is 11.5. The molecule has 2 amide bonds. The molecule has 1 aliphatic rings. The van der Waals surface area contributed by atoms with E-state index in [9.17, 15) is 9.59 Å². The maximum Gasteiger partial charge on any atom is 0.269 e. The van der Waals surface area contributed by atoms with Gasteiger partial charge in [-0.2, -0.15) is 5.10 Å². The Labute approximate surface area is 212 Å². The van der Waals surface area contributed by atoms with Crippen LogP contribution in [0.2, 0.25) is 0 Å². The number of aromatic nitrogens is 4. The molecule has 0 saturated carbocycles. The van der Waals surface area contributed by atoms with Gasteiger partial charge in [-0.05, 0) is 42.5 Å². The van der Waals surface area contributed by atoms with E-state index in [1.165, 1.54) is 14.2 Å². The molecule has 1 aliphatic heterocycles. The molecule has 2 aromatic carbocycles. The second-order valence-electron chi connectivity index (χ2n) is 8.06. The van der Waals surface area contributed by atoms with Crippen LogP contribution in [0.3, 0.4) is 0 Å². The first kappa shape index (κ1) is 23.8. The number of ether oxygens (including phenoxy) is 3. The molecule has 0 aliphatic carbocycles. The number of amides is 2. The zero-order valence-corrected chi connectivity index (χ0v) is 20.2. The average molecular weight is 501 g/mol. The topological polar surface area (TPSA) is 129 Å². The number of methoxy groups -OCH3 is 2. The molecule has 0 fully saturated rings. The number of carbonyl (C=O) groups excluding carboxylic acids is 2. The second-order valence-corrected chi connectivity index (χ2v) is 8.06. The Morgan fingerprint density at radius 3 is 2.68 bits per heavy atom. The van der Waals surface area contributed by atoms with E-state index in [0.717, 1.165) is 0 Å². The van der Waals surface area contributed by atoms with Crippen molar-refractivity contribution in [2.75, 3.05) is 32.7 Å². The van der Waals surface area contributed by atoms with Crippen molar-refractivity contribution in [1.82, 2.24) is 25.1 Å². The summed E-state index contributed by atoms with van der Waals surface area (Å²) < 4.78 is 18.1. The van der Waals surface area contributed by atoms with Gasteiger partial charge < -0.3 is 24.8 Å². The Hall–Kier alpha value is -4.93. The molecule has 5 rings (SSSR count). The minimum absolute atomic E-state index is 0.156. The first-order chi connectivity index (χ1) is 18.1. The van der Waals surface area contributed by atoms with E-state index in [2.05, 4.69) is 25.7 Å². The van der Waals surface area contributed by atoms with Crippen molar-refractivity contribution in [3.63, 3.8) is 0 Å². The highest BCUT2D eigenvalue weighted by atomic mass is 16.5. The number of fused-ring (bicyclic) bond motifs is 1. The van der Waals surface area contributed by atoms with Crippen molar-refractivity contribution in [2.24, 2.45) is 0 Å². The third kappa shape index (κ3) is 5.06. The normalized spacial score (nSPS) is 12.3. The molecule has 37 heavy (non-hydrogen) atoms. The number of carbonyl (C=O) groups is 2. The van der Waals surface area contributed by atoms with E-state index in [-0.39, 0.29) is 18.4 Å². The molecule has 0 atom stereocenters. The Bertz CT molecular complexity index is 1470. The number of rotatable bonds is 8. The molecule has 188 valence electrons. The highest BCUT2D eigenvalue weighted by Gasteiger charge is 2.21. The van der Waals surface area contributed by atoms with Crippen LogP contribution in [-0.2, 0) is 11.3 Å². The van der Waals surface area contributed by atoms with E-state index in [1.54, 1.807) is 59.4 Å². The number of benzene rings is 2. The van der Waals surface area contributed by atoms with Gasteiger partial charge in [0.15, 0.2) is 23.9 Å². The fourth-order valence-electron chi connectivity index (χ4n) is 3.90. The number of hydrogen-bond donors (Lipinski definition) is 2. The quantitative estimate of drug-likeness (QED) is 0.378. The number of hydrogen-bond acceptors (Lipinski definition) is 8. The van der Waals surface area contributed by atoms with Gasteiger partial charge in [-0.15, -0.1) is 0 Å². The second kappa shape index (κ2) is 10.4. The van der Waals surface area contributed by atoms with Crippen LogP contribution in [0.4, 0.5) is 5.69 Å². The summed E-state index contributed by atoms with van der Waals surface area (Å²) in [5.41, 5.74) is 2.92. The Balaban J connectivity index is 1.31. The zero-order valence-electron chi connectivity index (χ0n) is 20.2. The van der Waals surface area contributed by atoms with Crippen molar-refractivity contribution < 1.29 is 23.8 Å². The lowest BCUT2D eigenvalue weighted by Crippen LogP contribution is -2.35. The van der Waals surface area contributed by atoms with Crippen LogP contribution in [0, 0.1) is 0 Å². The van der Waals surface area contributed by atoms with E-state index in [0.29, 0.717) is 64.5 Å². The summed E-state index contributed by atoms with van der Waals surface area (Å²) in [5.74, 6) is 1.32. The molecule has 11 heteroatoms. The zero-order chi connectivity index (χ0) is 25.8. The average Bonchev–Trinajstić information content (AvgIpc) is 3.38. The summed E-state index contributed by atoms with van der Waals surface area (Å²) in [6.45, 7) is 0.922. The maximum absolute atomic E-state index is 12.4. The van der Waals surface area contributed by atoms with E-state index in [1.807, 2.05) is 6.07 Å². The summed E-state index contributed by atoms with van der Waals surface area (Å²) in [6, 6.07) is 15.8. The van der Waals surface area contributed by atoms with Gasteiger partial charge in [0.25, 0.3) is 11.8 Å². The molecule has 0 spiro atoms. The smallest absolute Gasteiger partial charge is 0.269 e. The van der Waals surface area contributed by atoms with Crippen LogP contribution in [-0.4, -0.2) is 58.9 Å². The van der Waals surface area contributed by atoms with Crippen LogP contribution < -0.4 is 24.8 Å². The summed E-state index contributed by atoms with van der Waals surface area (Å²) in [5, 5.41) is 10.1. The Morgan fingerprint density at radius 1 is 1.03 bits per heavy atom. The van der Waals surface area contributed by atoms with Crippen LogP contribution >= 0.6 is 0 Å².